The molecule has 0 radical (unpaired) electrons. The van der Waals surface area contributed by atoms with Crippen LogP contribution < -0.4 is 15.6 Å². The number of amides is 1. The van der Waals surface area contributed by atoms with Crippen LogP contribution in [0.3, 0.4) is 0 Å². The number of carbonyl (C=O) groups excluding carboxylic acids is 1. The highest BCUT2D eigenvalue weighted by Crippen LogP contribution is 2.29. The Balaban J connectivity index is 1.64. The third-order valence-electron chi connectivity index (χ3n) is 5.34. The van der Waals surface area contributed by atoms with Gasteiger partial charge in [-0.25, -0.2) is 4.98 Å². The number of halogens is 1. The van der Waals surface area contributed by atoms with Crippen molar-refractivity contribution in [1.82, 2.24) is 14.5 Å². The third kappa shape index (κ3) is 5.13. The molecule has 0 aliphatic heterocycles. The molecule has 2 heterocycles. The Labute approximate surface area is 206 Å². The Morgan fingerprint density at radius 2 is 2.03 bits per heavy atom. The fourth-order valence-corrected chi connectivity index (χ4v) is 4.62. The maximum absolute atomic E-state index is 13.3. The normalized spacial score (nSPS) is 11.0. The van der Waals surface area contributed by atoms with Crippen molar-refractivity contribution in [2.45, 2.75) is 31.5 Å². The molecule has 9 heteroatoms. The number of anilines is 1. The second-order valence-electron chi connectivity index (χ2n) is 7.68. The van der Waals surface area contributed by atoms with Gasteiger partial charge in [0, 0.05) is 23.3 Å². The number of benzene rings is 2. The smallest absolute Gasteiger partial charge is 0.278 e. The molecule has 2 aromatic heterocycles. The fraction of sp³-hybridized carbons (Fsp3) is 0.240. The molecule has 0 saturated carbocycles. The molecule has 2 N–H and O–H groups in total. The van der Waals surface area contributed by atoms with E-state index in [9.17, 15) is 9.59 Å². The number of fused-ring (bicyclic) bond motifs is 1. The summed E-state index contributed by atoms with van der Waals surface area (Å²) in [5, 5.41) is 3.83. The predicted molar refractivity (Wildman–Crippen MR) is 138 cm³/mol. The van der Waals surface area contributed by atoms with Gasteiger partial charge in [0.2, 0.25) is 5.91 Å². The number of H-pyrrole nitrogens is 1. The summed E-state index contributed by atoms with van der Waals surface area (Å²) < 4.78 is 6.94. The van der Waals surface area contributed by atoms with Gasteiger partial charge in [-0.3, -0.25) is 14.2 Å². The summed E-state index contributed by atoms with van der Waals surface area (Å²) in [5.41, 5.74) is 3.24. The fourth-order valence-electron chi connectivity index (χ4n) is 3.63. The lowest BCUT2D eigenvalue weighted by molar-refractivity contribution is -0.113. The summed E-state index contributed by atoms with van der Waals surface area (Å²) in [6.07, 6.45) is 3.58. The van der Waals surface area contributed by atoms with Gasteiger partial charge >= 0.3 is 0 Å². The SMILES string of the molecule is CCCCn1c(SCC(=O)Nc2cc(Cl)ccc2OC)nc2c(-c3ccccc3)c[nH]c2c1=O. The van der Waals surface area contributed by atoms with E-state index in [1.807, 2.05) is 36.5 Å². The Morgan fingerprint density at radius 3 is 2.76 bits per heavy atom. The van der Waals surface area contributed by atoms with Gasteiger partial charge in [0.25, 0.3) is 5.56 Å². The van der Waals surface area contributed by atoms with E-state index >= 15 is 0 Å². The molecule has 34 heavy (non-hydrogen) atoms. The highest BCUT2D eigenvalue weighted by atomic mass is 35.5. The first-order chi connectivity index (χ1) is 16.5. The minimum Gasteiger partial charge on any atom is -0.495 e. The number of nitrogens with zero attached hydrogens (tertiary/aromatic N) is 2. The maximum Gasteiger partial charge on any atom is 0.278 e. The molecule has 0 saturated heterocycles. The number of carbonyl (C=O) groups is 1. The van der Waals surface area contributed by atoms with Crippen molar-refractivity contribution in [2.75, 3.05) is 18.2 Å². The van der Waals surface area contributed by atoms with Gasteiger partial charge in [-0.2, -0.15) is 0 Å². The number of aromatic amines is 1. The molecule has 176 valence electrons. The van der Waals surface area contributed by atoms with Gasteiger partial charge in [-0.05, 0) is 30.2 Å². The van der Waals surface area contributed by atoms with Gasteiger partial charge in [0.05, 0.1) is 18.6 Å². The molecule has 0 unspecified atom stereocenters. The first-order valence-corrected chi connectivity index (χ1v) is 12.3. The van der Waals surface area contributed by atoms with Crippen LogP contribution in [0.4, 0.5) is 5.69 Å². The molecule has 0 bridgehead atoms. The molecular weight excluding hydrogens is 472 g/mol. The summed E-state index contributed by atoms with van der Waals surface area (Å²) in [5.74, 6) is 0.339. The van der Waals surface area contributed by atoms with Crippen molar-refractivity contribution < 1.29 is 9.53 Å². The van der Waals surface area contributed by atoms with Gasteiger partial charge in [0.15, 0.2) is 5.16 Å². The Hall–Kier alpha value is -3.23. The minimum atomic E-state index is -0.251. The quantitative estimate of drug-likeness (QED) is 0.233. The van der Waals surface area contributed by atoms with E-state index in [-0.39, 0.29) is 17.2 Å². The molecule has 4 rings (SSSR count). The minimum absolute atomic E-state index is 0.0742. The Kier molecular flexibility index (Phi) is 7.59. The van der Waals surface area contributed by atoms with Gasteiger partial charge in [0.1, 0.15) is 16.8 Å². The standard InChI is InChI=1S/C25H25ClN4O3S/c1-3-4-12-30-24(32)23-22(18(14-27-23)16-8-6-5-7-9-16)29-25(30)34-15-21(31)28-19-13-17(26)10-11-20(19)33-2/h5-11,13-14,27H,3-4,12,15H2,1-2H3,(H,28,31). The molecular formula is C25H25ClN4O3S. The topological polar surface area (TPSA) is 89.0 Å². The number of aromatic nitrogens is 3. The molecule has 7 nitrogen and oxygen atoms in total. The zero-order valence-corrected chi connectivity index (χ0v) is 20.5. The van der Waals surface area contributed by atoms with Crippen LogP contribution in [-0.4, -0.2) is 33.3 Å². The zero-order valence-electron chi connectivity index (χ0n) is 18.9. The lowest BCUT2D eigenvalue weighted by atomic mass is 10.1. The second kappa shape index (κ2) is 10.8. The van der Waals surface area contributed by atoms with Gasteiger partial charge < -0.3 is 15.0 Å². The summed E-state index contributed by atoms with van der Waals surface area (Å²) in [6.45, 7) is 2.60. The Morgan fingerprint density at radius 1 is 1.24 bits per heavy atom. The van der Waals surface area contributed by atoms with Gasteiger partial charge in [-0.1, -0.05) is 67.0 Å². The Bertz CT molecular complexity index is 1370. The van der Waals surface area contributed by atoms with Crippen molar-refractivity contribution in [3.63, 3.8) is 0 Å². The van der Waals surface area contributed by atoms with E-state index in [1.54, 1.807) is 22.8 Å². The summed E-state index contributed by atoms with van der Waals surface area (Å²) in [7, 11) is 1.53. The molecule has 2 aromatic carbocycles. The van der Waals surface area contributed by atoms with Crippen LogP contribution in [0.15, 0.2) is 64.7 Å². The monoisotopic (exact) mass is 496 g/mol. The van der Waals surface area contributed by atoms with Crippen LogP contribution in [0.2, 0.25) is 5.02 Å². The van der Waals surface area contributed by atoms with E-state index in [0.717, 1.165) is 24.0 Å². The lowest BCUT2D eigenvalue weighted by Crippen LogP contribution is -2.24. The van der Waals surface area contributed by atoms with Crippen LogP contribution in [0.25, 0.3) is 22.2 Å². The first-order valence-electron chi connectivity index (χ1n) is 10.9. The predicted octanol–water partition coefficient (Wildman–Crippen LogP) is 5.58. The summed E-state index contributed by atoms with van der Waals surface area (Å²) in [6, 6.07) is 14.8. The number of methoxy groups -OCH3 is 1. The number of rotatable bonds is 9. The van der Waals surface area contributed by atoms with Crippen molar-refractivity contribution in [3.8, 4) is 16.9 Å². The number of thioether (sulfide) groups is 1. The molecule has 0 spiro atoms. The summed E-state index contributed by atoms with van der Waals surface area (Å²) in [4.78, 5) is 34.0. The molecule has 1 amide bonds. The van der Waals surface area contributed by atoms with Crippen molar-refractivity contribution >= 4 is 46.0 Å². The van der Waals surface area contributed by atoms with E-state index in [4.69, 9.17) is 21.3 Å². The van der Waals surface area contributed by atoms with Crippen LogP contribution in [-0.2, 0) is 11.3 Å². The van der Waals surface area contributed by atoms with E-state index in [1.165, 1.54) is 18.9 Å². The molecule has 0 atom stereocenters. The molecule has 0 fully saturated rings. The van der Waals surface area contributed by atoms with Crippen LogP contribution >= 0.6 is 23.4 Å². The average Bonchev–Trinajstić information content (AvgIpc) is 3.27. The van der Waals surface area contributed by atoms with Crippen LogP contribution in [0, 0.1) is 0 Å². The first kappa shape index (κ1) is 23.9. The second-order valence-corrected chi connectivity index (χ2v) is 9.06. The number of hydrogen-bond acceptors (Lipinski definition) is 5. The average molecular weight is 497 g/mol. The molecule has 0 aliphatic carbocycles. The highest BCUT2D eigenvalue weighted by molar-refractivity contribution is 7.99. The van der Waals surface area contributed by atoms with E-state index in [0.29, 0.717) is 39.2 Å². The van der Waals surface area contributed by atoms with Crippen LogP contribution in [0.1, 0.15) is 19.8 Å². The number of unbranched alkanes of at least 4 members (excludes halogenated alkanes) is 1. The number of nitrogens with one attached hydrogen (secondary N) is 2. The van der Waals surface area contributed by atoms with Crippen LogP contribution in [0.5, 0.6) is 5.75 Å². The number of hydrogen-bond donors (Lipinski definition) is 2. The van der Waals surface area contributed by atoms with E-state index in [2.05, 4.69) is 17.2 Å². The number of ether oxygens (including phenoxy) is 1. The van der Waals surface area contributed by atoms with Gasteiger partial charge in [-0.15, -0.1) is 0 Å². The van der Waals surface area contributed by atoms with Crippen molar-refractivity contribution in [3.05, 3.63) is 70.1 Å². The zero-order chi connectivity index (χ0) is 24.1. The molecule has 0 aliphatic rings. The summed E-state index contributed by atoms with van der Waals surface area (Å²) >= 11 is 7.29. The van der Waals surface area contributed by atoms with E-state index < -0.39 is 0 Å². The van der Waals surface area contributed by atoms with Crippen molar-refractivity contribution in [2.24, 2.45) is 0 Å². The highest BCUT2D eigenvalue weighted by Gasteiger charge is 2.18. The third-order valence-corrected chi connectivity index (χ3v) is 6.55. The lowest BCUT2D eigenvalue weighted by Gasteiger charge is -2.13. The largest absolute Gasteiger partial charge is 0.495 e. The van der Waals surface area contributed by atoms with Crippen molar-refractivity contribution in [1.29, 1.82) is 0 Å². The maximum atomic E-state index is 13.3. The molecule has 4 aromatic rings.